The number of halogens is 1. The minimum Gasteiger partial charge on any atom is -0.330 e. The van der Waals surface area contributed by atoms with E-state index >= 15 is 0 Å². The van der Waals surface area contributed by atoms with Crippen molar-refractivity contribution in [2.75, 3.05) is 18.0 Å². The highest BCUT2D eigenvalue weighted by Gasteiger charge is 2.51. The van der Waals surface area contributed by atoms with Gasteiger partial charge in [0.25, 0.3) is 5.91 Å². The van der Waals surface area contributed by atoms with Crippen LogP contribution in [0.1, 0.15) is 54.5 Å². The molecule has 7 heteroatoms. The van der Waals surface area contributed by atoms with Crippen molar-refractivity contribution in [3.63, 3.8) is 0 Å². The van der Waals surface area contributed by atoms with Crippen molar-refractivity contribution in [1.82, 2.24) is 4.90 Å². The zero-order valence-electron chi connectivity index (χ0n) is 20.6. The van der Waals surface area contributed by atoms with Gasteiger partial charge in [0, 0.05) is 48.1 Å². The SMILES string of the molecule is Cc1cc(F)cc(C(C=O)N2CC3(CC3)C/C(=C\c3ccc(N4C=NC(C)C4)c4c3N=CC4)C2=O)c1. The van der Waals surface area contributed by atoms with Gasteiger partial charge in [-0.3, -0.25) is 14.8 Å². The number of aldehydes is 1. The van der Waals surface area contributed by atoms with Crippen LogP contribution in [0.5, 0.6) is 0 Å². The molecular weight excluding hydrogens is 455 g/mol. The van der Waals surface area contributed by atoms with E-state index in [4.69, 9.17) is 0 Å². The molecular formula is C29H29FN4O2. The van der Waals surface area contributed by atoms with Crippen LogP contribution in [0.3, 0.4) is 0 Å². The normalized spacial score (nSPS) is 23.6. The summed E-state index contributed by atoms with van der Waals surface area (Å²) in [5, 5.41) is 0. The van der Waals surface area contributed by atoms with Gasteiger partial charge in [-0.2, -0.15) is 0 Å². The van der Waals surface area contributed by atoms with Crippen molar-refractivity contribution in [1.29, 1.82) is 0 Å². The fourth-order valence-corrected chi connectivity index (χ4v) is 5.80. The number of carbonyl (C=O) groups is 2. The topological polar surface area (TPSA) is 65.3 Å². The van der Waals surface area contributed by atoms with Gasteiger partial charge in [-0.05, 0) is 73.9 Å². The molecule has 3 heterocycles. The maximum Gasteiger partial charge on any atom is 0.250 e. The Morgan fingerprint density at radius 3 is 2.75 bits per heavy atom. The summed E-state index contributed by atoms with van der Waals surface area (Å²) in [4.78, 5) is 38.9. The third-order valence-electron chi connectivity index (χ3n) is 7.80. The van der Waals surface area contributed by atoms with Gasteiger partial charge < -0.3 is 14.6 Å². The molecule has 4 aliphatic rings. The van der Waals surface area contributed by atoms with Crippen LogP contribution in [-0.2, 0) is 16.0 Å². The Hall–Kier alpha value is -3.61. The molecule has 0 radical (unpaired) electrons. The molecule has 0 bridgehead atoms. The monoisotopic (exact) mass is 484 g/mol. The summed E-state index contributed by atoms with van der Waals surface area (Å²) in [6.45, 7) is 5.25. The standard InChI is InChI=1S/C29H29FN4O2/c1-18-9-21(12-23(30)10-18)26(15-35)34-16-29(6-7-29)13-22(28(34)36)11-20-3-4-25(24-5-8-31-27(20)24)33-14-19(2)32-17-33/h3-4,8-12,15,17,19,26H,5-7,13-14,16H2,1-2H3/b22-11+. The van der Waals surface area contributed by atoms with Crippen LogP contribution in [0.4, 0.5) is 15.8 Å². The van der Waals surface area contributed by atoms with Crippen molar-refractivity contribution in [3.05, 3.63) is 64.0 Å². The summed E-state index contributed by atoms with van der Waals surface area (Å²) in [6.07, 6.45) is 10.00. The minimum atomic E-state index is -0.810. The van der Waals surface area contributed by atoms with Crippen LogP contribution < -0.4 is 4.90 Å². The van der Waals surface area contributed by atoms with E-state index < -0.39 is 11.9 Å². The van der Waals surface area contributed by atoms with Gasteiger partial charge in [-0.1, -0.05) is 12.1 Å². The van der Waals surface area contributed by atoms with Crippen LogP contribution in [0, 0.1) is 18.2 Å². The van der Waals surface area contributed by atoms with Crippen LogP contribution in [0.25, 0.3) is 6.08 Å². The van der Waals surface area contributed by atoms with Gasteiger partial charge in [-0.25, -0.2) is 4.39 Å². The Kier molecular flexibility index (Phi) is 5.39. The second-order valence-corrected chi connectivity index (χ2v) is 10.7. The molecule has 2 aromatic rings. The summed E-state index contributed by atoms with van der Waals surface area (Å²) in [5.41, 5.74) is 5.99. The first-order chi connectivity index (χ1) is 17.4. The van der Waals surface area contributed by atoms with Crippen molar-refractivity contribution in [2.45, 2.75) is 51.6 Å². The third kappa shape index (κ3) is 3.96. The highest BCUT2D eigenvalue weighted by Crippen LogP contribution is 2.55. The number of aryl methyl sites for hydroxylation is 1. The van der Waals surface area contributed by atoms with Gasteiger partial charge in [0.15, 0.2) is 0 Å². The number of piperidine rings is 1. The number of benzene rings is 2. The Labute approximate surface area is 210 Å². The average Bonchev–Trinajstić information content (AvgIpc) is 3.19. The summed E-state index contributed by atoms with van der Waals surface area (Å²) in [7, 11) is 0. The zero-order valence-corrected chi connectivity index (χ0v) is 20.6. The molecule has 0 N–H and O–H groups in total. The van der Waals surface area contributed by atoms with Gasteiger partial charge in [0.2, 0.25) is 0 Å². The molecule has 36 heavy (non-hydrogen) atoms. The number of hydrogen-bond donors (Lipinski definition) is 0. The number of aliphatic imine (C=N–C) groups is 2. The molecule has 1 amide bonds. The predicted octanol–water partition coefficient (Wildman–Crippen LogP) is 4.97. The van der Waals surface area contributed by atoms with Gasteiger partial charge in [0.05, 0.1) is 18.1 Å². The molecule has 1 aliphatic carbocycles. The van der Waals surface area contributed by atoms with Gasteiger partial charge >= 0.3 is 0 Å². The molecule has 1 saturated carbocycles. The highest BCUT2D eigenvalue weighted by molar-refractivity contribution is 6.02. The van der Waals surface area contributed by atoms with E-state index in [9.17, 15) is 14.0 Å². The van der Waals surface area contributed by atoms with E-state index in [1.165, 1.54) is 12.1 Å². The number of carbonyl (C=O) groups excluding carboxylic acids is 2. The largest absolute Gasteiger partial charge is 0.330 e. The Balaban J connectivity index is 1.36. The van der Waals surface area contributed by atoms with Crippen molar-refractivity contribution < 1.29 is 14.0 Å². The minimum absolute atomic E-state index is 0.00208. The fourth-order valence-electron chi connectivity index (χ4n) is 5.80. The smallest absolute Gasteiger partial charge is 0.250 e. The van der Waals surface area contributed by atoms with Gasteiger partial charge in [-0.15, -0.1) is 0 Å². The highest BCUT2D eigenvalue weighted by atomic mass is 19.1. The molecule has 2 unspecified atom stereocenters. The summed E-state index contributed by atoms with van der Waals surface area (Å²) in [5.74, 6) is -0.559. The quantitative estimate of drug-likeness (QED) is 0.445. The summed E-state index contributed by atoms with van der Waals surface area (Å²) < 4.78 is 14.2. The first kappa shape index (κ1) is 22.8. The van der Waals surface area contributed by atoms with Crippen LogP contribution in [0.15, 0.2) is 45.9 Å². The number of likely N-dealkylation sites (tertiary alicyclic amines) is 1. The number of hydrogen-bond acceptors (Lipinski definition) is 5. The second-order valence-electron chi connectivity index (χ2n) is 10.7. The van der Waals surface area contributed by atoms with Crippen molar-refractivity contribution >= 4 is 42.2 Å². The Morgan fingerprint density at radius 1 is 1.22 bits per heavy atom. The van der Waals surface area contributed by atoms with E-state index in [2.05, 4.69) is 27.9 Å². The molecule has 6 nitrogen and oxygen atoms in total. The van der Waals surface area contributed by atoms with Crippen LogP contribution in [0.2, 0.25) is 0 Å². The Bertz CT molecular complexity index is 1340. The molecule has 6 rings (SSSR count). The number of nitrogens with zero attached hydrogens (tertiary/aromatic N) is 4. The fraction of sp³-hybridized carbons (Fsp3) is 0.379. The van der Waals surface area contributed by atoms with Crippen molar-refractivity contribution in [3.8, 4) is 0 Å². The van der Waals surface area contributed by atoms with Crippen LogP contribution >= 0.6 is 0 Å². The molecule has 0 aromatic heterocycles. The van der Waals surface area contributed by atoms with Crippen LogP contribution in [-0.4, -0.2) is 48.8 Å². The lowest BCUT2D eigenvalue weighted by Gasteiger charge is -2.38. The molecule has 184 valence electrons. The average molecular weight is 485 g/mol. The maximum absolute atomic E-state index is 14.2. The first-order valence-electron chi connectivity index (χ1n) is 12.6. The lowest BCUT2D eigenvalue weighted by atomic mass is 9.87. The third-order valence-corrected chi connectivity index (χ3v) is 7.80. The lowest BCUT2D eigenvalue weighted by Crippen LogP contribution is -2.45. The maximum atomic E-state index is 14.2. The zero-order chi connectivity index (χ0) is 25.0. The molecule has 2 atom stereocenters. The predicted molar refractivity (Wildman–Crippen MR) is 140 cm³/mol. The summed E-state index contributed by atoms with van der Waals surface area (Å²) >= 11 is 0. The molecule has 2 fully saturated rings. The summed E-state index contributed by atoms with van der Waals surface area (Å²) in [6, 6.07) is 8.14. The number of anilines is 1. The second kappa shape index (κ2) is 8.50. The van der Waals surface area contributed by atoms with E-state index in [0.717, 1.165) is 60.2 Å². The Morgan fingerprint density at radius 2 is 2.06 bits per heavy atom. The number of rotatable bonds is 5. The van der Waals surface area contributed by atoms with E-state index in [-0.39, 0.29) is 17.4 Å². The first-order valence-corrected chi connectivity index (χ1v) is 12.6. The molecule has 2 aromatic carbocycles. The van der Waals surface area contributed by atoms with Gasteiger partial charge in [0.1, 0.15) is 18.1 Å². The van der Waals surface area contributed by atoms with Crippen molar-refractivity contribution in [2.24, 2.45) is 15.4 Å². The number of amides is 1. The van der Waals surface area contributed by atoms with E-state index in [1.807, 2.05) is 24.7 Å². The molecule has 3 aliphatic heterocycles. The number of fused-ring (bicyclic) bond motifs is 1. The lowest BCUT2D eigenvalue weighted by molar-refractivity contribution is -0.136. The molecule has 1 spiro atoms. The van der Waals surface area contributed by atoms with E-state index in [0.29, 0.717) is 24.1 Å². The van der Waals surface area contributed by atoms with E-state index in [1.54, 1.807) is 17.9 Å². The molecule has 1 saturated heterocycles.